The van der Waals surface area contributed by atoms with Crippen LogP contribution >= 0.6 is 24.8 Å². The molecule has 0 aliphatic heterocycles. The minimum absolute atomic E-state index is 0. The van der Waals surface area contributed by atoms with Crippen molar-refractivity contribution >= 4 is 43.8 Å². The second kappa shape index (κ2) is 14.9. The van der Waals surface area contributed by atoms with Crippen LogP contribution in [0.4, 0.5) is 0 Å². The molecular formula is C45H58Cl2SiZr. The number of allylic oxidation sites excluding steroid dienone is 2. The maximum atomic E-state index is 2.78. The number of hydrogen-bond acceptors (Lipinski definition) is 0. The van der Waals surface area contributed by atoms with Gasteiger partial charge in [-0.2, -0.15) is 0 Å². The van der Waals surface area contributed by atoms with E-state index in [1.165, 1.54) is 68.5 Å². The van der Waals surface area contributed by atoms with Crippen LogP contribution in [0.2, 0.25) is 9.26 Å². The summed E-state index contributed by atoms with van der Waals surface area (Å²) in [5.74, 6) is 1.19. The van der Waals surface area contributed by atoms with Gasteiger partial charge >= 0.3 is 290 Å². The first-order chi connectivity index (χ1) is 22.3. The second-order valence-corrected chi connectivity index (χ2v) is 46.7. The van der Waals surface area contributed by atoms with E-state index in [0.717, 1.165) is 6.42 Å². The molecule has 4 aromatic carbocycles. The molecule has 0 nitrogen and oxygen atoms in total. The summed E-state index contributed by atoms with van der Waals surface area (Å²) in [6.45, 7) is 21.2. The van der Waals surface area contributed by atoms with E-state index in [2.05, 4.69) is 156 Å². The van der Waals surface area contributed by atoms with E-state index in [0.29, 0.717) is 19.1 Å². The average molecular weight is 789 g/mol. The summed E-state index contributed by atoms with van der Waals surface area (Å²) < 4.78 is 6.62. The fourth-order valence-electron chi connectivity index (χ4n) is 9.26. The van der Waals surface area contributed by atoms with Gasteiger partial charge in [-0.3, -0.25) is 0 Å². The molecule has 2 aliphatic carbocycles. The van der Waals surface area contributed by atoms with Gasteiger partial charge in [-0.05, 0) is 0 Å². The van der Waals surface area contributed by atoms with Gasteiger partial charge in [0.2, 0.25) is 0 Å². The van der Waals surface area contributed by atoms with Gasteiger partial charge in [0.1, 0.15) is 0 Å². The fraction of sp³-hybridized carbons (Fsp3) is 0.378. The van der Waals surface area contributed by atoms with Gasteiger partial charge in [-0.25, -0.2) is 0 Å². The van der Waals surface area contributed by atoms with Gasteiger partial charge in [0.15, 0.2) is 0 Å². The van der Waals surface area contributed by atoms with Crippen LogP contribution in [0, 0.1) is 13.8 Å². The van der Waals surface area contributed by atoms with Crippen LogP contribution in [-0.4, -0.2) is 6.88 Å². The Labute approximate surface area is 312 Å². The molecule has 6 rings (SSSR count). The van der Waals surface area contributed by atoms with Crippen molar-refractivity contribution in [1.82, 2.24) is 0 Å². The zero-order chi connectivity index (χ0) is 33.9. The van der Waals surface area contributed by atoms with Gasteiger partial charge in [-0.1, -0.05) is 0 Å². The van der Waals surface area contributed by atoms with E-state index in [1.54, 1.807) is 22.3 Å². The predicted molar refractivity (Wildman–Crippen MR) is 223 cm³/mol. The van der Waals surface area contributed by atoms with E-state index in [9.17, 15) is 0 Å². The number of halogens is 2. The molecule has 260 valence electrons. The maximum absolute atomic E-state index is 3.66. The minimum atomic E-state index is -3.66. The standard InChI is InChI=1S/C22H25.C21H23.2CH3.2ClH.H2Si.Zr/c1-5-16(4)18-7-9-19(10-8-18)21-12-15(3)11-20-13-17(6-2)14-22(20)21;1-5-16(4)17-6-8-18(9-7-17)20-12-14(2)10-19-11-15(3)13-21(19)20;;;;;;/h7-14,16H,5-6H2,1-4H3;6-13,16H,5H2,1-4H3;2*1H3;2*1H;1H2;. The Kier molecular flexibility index (Phi) is 12.1. The SMILES string of the molecule is CCC1=Cc2c(-c3ccc(C(C)CC)cc3)cc(C)cc2[CH]1[Zr]([CH3])([CH3])(=[SiH2])[CH]1C(C)=Cc2c(-c3ccc(C(C)CC)cc3)cc(C)cc21.Cl.Cl. The van der Waals surface area contributed by atoms with Crippen LogP contribution in [0.15, 0.2) is 83.9 Å². The number of aryl methyl sites for hydroxylation is 2. The van der Waals surface area contributed by atoms with Crippen molar-refractivity contribution in [3.05, 3.63) is 128 Å². The largest absolute Gasteiger partial charge is 0.147 e. The van der Waals surface area contributed by atoms with Crippen molar-refractivity contribution in [2.75, 3.05) is 0 Å². The maximum Gasteiger partial charge on any atom is -0.147 e. The molecule has 4 atom stereocenters. The van der Waals surface area contributed by atoms with Crippen LogP contribution in [-0.2, 0) is 17.4 Å². The monoisotopic (exact) mass is 786 g/mol. The van der Waals surface area contributed by atoms with Crippen LogP contribution in [0.3, 0.4) is 0 Å². The number of fused-ring (bicyclic) bond motifs is 2. The fourth-order valence-corrected chi connectivity index (χ4v) is 29.9. The Morgan fingerprint density at radius 3 is 1.43 bits per heavy atom. The topological polar surface area (TPSA) is 0 Å². The molecule has 0 saturated heterocycles. The molecule has 0 N–H and O–H groups in total. The molecule has 0 aromatic heterocycles. The van der Waals surface area contributed by atoms with E-state index in [-0.39, 0.29) is 24.8 Å². The molecule has 0 heterocycles. The smallest absolute Gasteiger partial charge is 0.147 e. The summed E-state index contributed by atoms with van der Waals surface area (Å²) in [5.41, 5.74) is 20.5. The number of rotatable bonds is 9. The third-order valence-electron chi connectivity index (χ3n) is 12.0. The summed E-state index contributed by atoms with van der Waals surface area (Å²) in [6, 6.07) is 28.9. The van der Waals surface area contributed by atoms with Gasteiger partial charge in [-0.15, -0.1) is 24.8 Å². The number of hydrogen-bond donors (Lipinski definition) is 0. The molecule has 0 amide bonds. The zero-order valence-corrected chi connectivity index (χ0v) is 37.0. The molecule has 0 spiro atoms. The summed E-state index contributed by atoms with van der Waals surface area (Å²) in [6.07, 6.45) is 8.64. The molecule has 4 aromatic rings. The molecule has 49 heavy (non-hydrogen) atoms. The van der Waals surface area contributed by atoms with E-state index >= 15 is 0 Å². The molecule has 4 unspecified atom stereocenters. The van der Waals surface area contributed by atoms with E-state index in [1.807, 2.05) is 0 Å². The average Bonchev–Trinajstić information content (AvgIpc) is 3.61. The number of benzene rings is 4. The zero-order valence-electron chi connectivity index (χ0n) is 31.5. The summed E-state index contributed by atoms with van der Waals surface area (Å²) in [4.78, 5) is 0. The third-order valence-corrected chi connectivity index (χ3v) is 29.7. The summed E-state index contributed by atoms with van der Waals surface area (Å²) in [5, 5.41) is 0. The summed E-state index contributed by atoms with van der Waals surface area (Å²) in [7, 11) is 0. The van der Waals surface area contributed by atoms with Crippen LogP contribution in [0.25, 0.3) is 34.4 Å². The Morgan fingerprint density at radius 2 is 1.02 bits per heavy atom. The van der Waals surface area contributed by atoms with Crippen LogP contribution in [0.5, 0.6) is 0 Å². The molecular weight excluding hydrogens is 731 g/mol. The second-order valence-electron chi connectivity index (χ2n) is 16.3. The van der Waals surface area contributed by atoms with Crippen molar-refractivity contribution in [1.29, 1.82) is 0 Å². The quantitative estimate of drug-likeness (QED) is 0.148. The van der Waals surface area contributed by atoms with Crippen molar-refractivity contribution in [3.8, 4) is 22.3 Å². The van der Waals surface area contributed by atoms with Crippen molar-refractivity contribution in [2.45, 2.75) is 103 Å². The first kappa shape index (κ1) is 39.8. The molecule has 4 heteroatoms. The van der Waals surface area contributed by atoms with Crippen molar-refractivity contribution in [2.24, 2.45) is 0 Å². The molecule has 0 fully saturated rings. The molecule has 0 radical (unpaired) electrons. The molecule has 0 bridgehead atoms. The molecule has 0 saturated carbocycles. The van der Waals surface area contributed by atoms with E-state index in [4.69, 9.17) is 0 Å². The van der Waals surface area contributed by atoms with Gasteiger partial charge in [0, 0.05) is 0 Å². The van der Waals surface area contributed by atoms with Crippen LogP contribution in [0.1, 0.15) is 124 Å². The first-order valence-electron chi connectivity index (χ1n) is 18.2. The predicted octanol–water partition coefficient (Wildman–Crippen LogP) is 13.8. The first-order valence-corrected chi connectivity index (χ1v) is 31.9. The van der Waals surface area contributed by atoms with Gasteiger partial charge in [0.05, 0.1) is 0 Å². The normalized spacial score (nSPS) is 18.0. The van der Waals surface area contributed by atoms with Crippen molar-refractivity contribution in [3.63, 3.8) is 0 Å². The Bertz CT molecular complexity index is 1970. The Morgan fingerprint density at radius 1 is 0.612 bits per heavy atom. The van der Waals surface area contributed by atoms with Crippen molar-refractivity contribution < 1.29 is 17.4 Å². The summed E-state index contributed by atoms with van der Waals surface area (Å²) >= 11 is -3.66. The Balaban J connectivity index is 0.00000270. The molecule has 2 aliphatic rings. The van der Waals surface area contributed by atoms with E-state index < -0.39 is 17.4 Å². The minimum Gasteiger partial charge on any atom is -0.147 e. The van der Waals surface area contributed by atoms with Crippen LogP contribution < -0.4 is 0 Å². The third kappa shape index (κ3) is 7.11. The van der Waals surface area contributed by atoms with Gasteiger partial charge in [0.25, 0.3) is 0 Å². The Hall–Kier alpha value is -1.96. The van der Waals surface area contributed by atoms with Gasteiger partial charge < -0.3 is 0 Å².